The summed E-state index contributed by atoms with van der Waals surface area (Å²) in [5.74, 6) is -0.153. The number of nitrogens with one attached hydrogen (secondary N) is 2. The van der Waals surface area contributed by atoms with Crippen molar-refractivity contribution in [3.63, 3.8) is 0 Å². The first-order valence-electron chi connectivity index (χ1n) is 10.5. The molecule has 0 bridgehead atoms. The first kappa shape index (κ1) is 23.5. The third kappa shape index (κ3) is 4.42. The van der Waals surface area contributed by atoms with Gasteiger partial charge in [-0.05, 0) is 50.6 Å². The van der Waals surface area contributed by atoms with Crippen molar-refractivity contribution in [3.8, 4) is 0 Å². The number of benzene rings is 2. The van der Waals surface area contributed by atoms with Crippen LogP contribution in [0.4, 0.5) is 22.0 Å². The highest BCUT2D eigenvalue weighted by Crippen LogP contribution is 2.33. The molecule has 2 aromatic carbocycles. The molecule has 2 aromatic heterocycles. The standard InChI is InChI=1S/C24H22Cl2N6O2/c1-12(2)32-10-16(19-22(27)28-11-29-23(19)32)21(33)15-5-4-6-18(20(15)26)31-24(34)30-14-8-7-13(3)17(25)9-14/h4-12H,1-3H3,(H2,27,28,29)(H2,30,31,34). The summed E-state index contributed by atoms with van der Waals surface area (Å²) in [7, 11) is 0. The van der Waals surface area contributed by atoms with Gasteiger partial charge in [-0.3, -0.25) is 4.79 Å². The highest BCUT2D eigenvalue weighted by molar-refractivity contribution is 6.38. The molecule has 0 radical (unpaired) electrons. The number of hydrogen-bond acceptors (Lipinski definition) is 5. The van der Waals surface area contributed by atoms with Crippen molar-refractivity contribution >= 4 is 63.2 Å². The van der Waals surface area contributed by atoms with Crippen LogP contribution in [0, 0.1) is 6.92 Å². The van der Waals surface area contributed by atoms with Gasteiger partial charge in [0.05, 0.1) is 21.7 Å². The Bertz CT molecular complexity index is 1430. The minimum Gasteiger partial charge on any atom is -0.383 e. The van der Waals surface area contributed by atoms with Crippen molar-refractivity contribution in [2.75, 3.05) is 16.4 Å². The van der Waals surface area contributed by atoms with Gasteiger partial charge in [0, 0.05) is 28.5 Å². The van der Waals surface area contributed by atoms with Gasteiger partial charge in [0.25, 0.3) is 0 Å². The molecule has 0 saturated carbocycles. The number of nitrogens with zero attached hydrogens (tertiary/aromatic N) is 3. The summed E-state index contributed by atoms with van der Waals surface area (Å²) < 4.78 is 1.86. The summed E-state index contributed by atoms with van der Waals surface area (Å²) in [5, 5.41) is 6.48. The number of nitrogen functional groups attached to an aromatic ring is 1. The second-order valence-electron chi connectivity index (χ2n) is 8.04. The van der Waals surface area contributed by atoms with Crippen LogP contribution < -0.4 is 16.4 Å². The molecule has 0 atom stereocenters. The van der Waals surface area contributed by atoms with E-state index >= 15 is 0 Å². The Morgan fingerprint density at radius 1 is 1.06 bits per heavy atom. The number of hydrogen-bond donors (Lipinski definition) is 3. The van der Waals surface area contributed by atoms with Gasteiger partial charge in [0.1, 0.15) is 17.8 Å². The number of fused-ring (bicyclic) bond motifs is 1. The fraction of sp³-hybridized carbons (Fsp3) is 0.167. The fourth-order valence-corrected chi connectivity index (χ4v) is 4.02. The lowest BCUT2D eigenvalue weighted by atomic mass is 10.0. The Morgan fingerprint density at radius 2 is 1.82 bits per heavy atom. The van der Waals surface area contributed by atoms with E-state index in [1.165, 1.54) is 6.33 Å². The zero-order valence-corrected chi connectivity index (χ0v) is 20.2. The van der Waals surface area contributed by atoms with E-state index in [1.807, 2.05) is 25.3 Å². The summed E-state index contributed by atoms with van der Waals surface area (Å²) in [6.07, 6.45) is 3.06. The number of aryl methyl sites for hydroxylation is 1. The van der Waals surface area contributed by atoms with E-state index in [1.54, 1.807) is 42.6 Å². The largest absolute Gasteiger partial charge is 0.383 e. The number of aromatic nitrogens is 3. The van der Waals surface area contributed by atoms with Gasteiger partial charge in [-0.15, -0.1) is 0 Å². The third-order valence-corrected chi connectivity index (χ3v) is 6.18. The molecule has 0 spiro atoms. The van der Waals surface area contributed by atoms with Crippen LogP contribution in [0.25, 0.3) is 11.0 Å². The molecule has 4 aromatic rings. The molecule has 2 heterocycles. The Hall–Kier alpha value is -3.62. The topological polar surface area (TPSA) is 115 Å². The molecule has 0 unspecified atom stereocenters. The van der Waals surface area contributed by atoms with Crippen molar-refractivity contribution in [1.29, 1.82) is 0 Å². The fourth-order valence-electron chi connectivity index (χ4n) is 3.58. The van der Waals surface area contributed by atoms with Crippen LogP contribution in [0.15, 0.2) is 48.9 Å². The van der Waals surface area contributed by atoms with Crippen LogP contribution in [0.2, 0.25) is 10.0 Å². The molecule has 2 amide bonds. The second-order valence-corrected chi connectivity index (χ2v) is 8.83. The van der Waals surface area contributed by atoms with Crippen LogP contribution in [-0.4, -0.2) is 26.3 Å². The van der Waals surface area contributed by atoms with E-state index in [0.717, 1.165) is 5.56 Å². The Morgan fingerprint density at radius 3 is 2.53 bits per heavy atom. The smallest absolute Gasteiger partial charge is 0.323 e. The molecule has 4 rings (SSSR count). The van der Waals surface area contributed by atoms with Gasteiger partial charge < -0.3 is 20.9 Å². The van der Waals surface area contributed by atoms with Crippen molar-refractivity contribution in [2.45, 2.75) is 26.8 Å². The normalized spacial score (nSPS) is 11.1. The Labute approximate surface area is 206 Å². The summed E-state index contributed by atoms with van der Waals surface area (Å²) in [6.45, 7) is 5.82. The van der Waals surface area contributed by atoms with Crippen molar-refractivity contribution in [2.24, 2.45) is 0 Å². The van der Waals surface area contributed by atoms with Crippen LogP contribution >= 0.6 is 23.2 Å². The predicted molar refractivity (Wildman–Crippen MR) is 136 cm³/mol. The van der Waals surface area contributed by atoms with Gasteiger partial charge in [-0.1, -0.05) is 35.3 Å². The molecule has 8 nitrogen and oxygen atoms in total. The molecular weight excluding hydrogens is 475 g/mol. The first-order valence-corrected chi connectivity index (χ1v) is 11.2. The molecule has 10 heteroatoms. The molecule has 34 heavy (non-hydrogen) atoms. The summed E-state index contributed by atoms with van der Waals surface area (Å²) in [5.41, 5.74) is 8.89. The SMILES string of the molecule is Cc1ccc(NC(=O)Nc2cccc(C(=O)c3cn(C(C)C)c4ncnc(N)c34)c2Cl)cc1Cl. The maximum atomic E-state index is 13.5. The maximum absolute atomic E-state index is 13.5. The lowest BCUT2D eigenvalue weighted by Gasteiger charge is -2.12. The van der Waals surface area contributed by atoms with Gasteiger partial charge in [0.15, 0.2) is 5.78 Å². The number of carbonyl (C=O) groups excluding carboxylic acids is 2. The lowest BCUT2D eigenvalue weighted by Crippen LogP contribution is -2.20. The van der Waals surface area contributed by atoms with E-state index in [2.05, 4.69) is 20.6 Å². The minimum absolute atomic E-state index is 0.0424. The average Bonchev–Trinajstić information content (AvgIpc) is 3.19. The number of halogens is 2. The van der Waals surface area contributed by atoms with Gasteiger partial charge >= 0.3 is 6.03 Å². The maximum Gasteiger partial charge on any atom is 0.323 e. The van der Waals surface area contributed by atoms with Gasteiger partial charge in [0.2, 0.25) is 0 Å². The van der Waals surface area contributed by atoms with Crippen LogP contribution in [0.3, 0.4) is 0 Å². The second kappa shape index (κ2) is 9.32. The number of nitrogens with two attached hydrogens (primary N) is 1. The number of ketones is 1. The van der Waals surface area contributed by atoms with E-state index in [-0.39, 0.29) is 33.9 Å². The summed E-state index contributed by atoms with van der Waals surface area (Å²) in [4.78, 5) is 34.4. The number of urea groups is 1. The number of carbonyl (C=O) groups is 2. The number of anilines is 3. The van der Waals surface area contributed by atoms with E-state index < -0.39 is 6.03 Å². The molecule has 0 aliphatic carbocycles. The van der Waals surface area contributed by atoms with Crippen molar-refractivity contribution in [1.82, 2.24) is 14.5 Å². The minimum atomic E-state index is -0.527. The summed E-state index contributed by atoms with van der Waals surface area (Å²) >= 11 is 12.7. The molecule has 174 valence electrons. The third-order valence-electron chi connectivity index (χ3n) is 5.36. The molecule has 4 N–H and O–H groups in total. The number of rotatable bonds is 5. The zero-order chi connectivity index (χ0) is 24.6. The summed E-state index contributed by atoms with van der Waals surface area (Å²) in [6, 6.07) is 9.53. The Balaban J connectivity index is 1.65. The van der Waals surface area contributed by atoms with Crippen LogP contribution in [-0.2, 0) is 0 Å². The molecule has 0 aliphatic rings. The quantitative estimate of drug-likeness (QED) is 0.289. The predicted octanol–water partition coefficient (Wildman–Crippen LogP) is 6.08. The van der Waals surface area contributed by atoms with Crippen LogP contribution in [0.5, 0.6) is 0 Å². The van der Waals surface area contributed by atoms with E-state index in [9.17, 15) is 9.59 Å². The average molecular weight is 497 g/mol. The van der Waals surface area contributed by atoms with E-state index in [0.29, 0.717) is 27.3 Å². The van der Waals surface area contributed by atoms with Crippen molar-refractivity contribution < 1.29 is 9.59 Å². The van der Waals surface area contributed by atoms with E-state index in [4.69, 9.17) is 28.9 Å². The highest BCUT2D eigenvalue weighted by Gasteiger charge is 2.24. The van der Waals surface area contributed by atoms with Crippen molar-refractivity contribution in [3.05, 3.63) is 75.7 Å². The van der Waals surface area contributed by atoms with Gasteiger partial charge in [-0.25, -0.2) is 14.8 Å². The molecule has 0 aliphatic heterocycles. The highest BCUT2D eigenvalue weighted by atomic mass is 35.5. The number of amides is 2. The first-order chi connectivity index (χ1) is 16.2. The van der Waals surface area contributed by atoms with Crippen LogP contribution in [0.1, 0.15) is 41.4 Å². The molecule has 0 fully saturated rings. The zero-order valence-electron chi connectivity index (χ0n) is 18.7. The van der Waals surface area contributed by atoms with Gasteiger partial charge in [-0.2, -0.15) is 0 Å². The Kier molecular flexibility index (Phi) is 6.45. The molecular formula is C24H22Cl2N6O2. The monoisotopic (exact) mass is 496 g/mol. The lowest BCUT2D eigenvalue weighted by molar-refractivity contribution is 0.104. The molecule has 0 saturated heterocycles.